The SMILES string of the molecule is CCN(Cc1ccccc1)c1ccc(C(=C2C=CC(N(CC)Cc3ccccc3)C=C2)c2ccccc2S(=O)(=O)[O-])cc1. The smallest absolute Gasteiger partial charge is 0.125 e. The molecule has 4 aromatic rings. The van der Waals surface area contributed by atoms with Crippen molar-refractivity contribution in [3.8, 4) is 0 Å². The summed E-state index contributed by atoms with van der Waals surface area (Å²) in [5.74, 6) is 0. The van der Waals surface area contributed by atoms with Gasteiger partial charge in [0.05, 0.1) is 4.90 Å². The zero-order valence-electron chi connectivity index (χ0n) is 24.6. The molecule has 0 aliphatic heterocycles. The summed E-state index contributed by atoms with van der Waals surface area (Å²) in [4.78, 5) is 4.44. The first-order valence-electron chi connectivity index (χ1n) is 14.7. The Labute approximate surface area is 255 Å². The molecule has 220 valence electrons. The van der Waals surface area contributed by atoms with Crippen molar-refractivity contribution in [3.63, 3.8) is 0 Å². The van der Waals surface area contributed by atoms with Crippen LogP contribution in [0.4, 0.5) is 5.69 Å². The summed E-state index contributed by atoms with van der Waals surface area (Å²) in [6.45, 7) is 7.59. The van der Waals surface area contributed by atoms with Crippen LogP contribution in [-0.2, 0) is 23.2 Å². The first kappa shape index (κ1) is 30.2. The molecule has 0 saturated heterocycles. The molecule has 6 heteroatoms. The molecule has 0 N–H and O–H groups in total. The third-order valence-corrected chi connectivity index (χ3v) is 8.73. The highest BCUT2D eigenvalue weighted by molar-refractivity contribution is 7.85. The number of benzene rings is 4. The largest absolute Gasteiger partial charge is 0.744 e. The minimum Gasteiger partial charge on any atom is -0.744 e. The average Bonchev–Trinajstić information content (AvgIpc) is 3.04. The van der Waals surface area contributed by atoms with Gasteiger partial charge in [-0.05, 0) is 59.5 Å². The predicted molar refractivity (Wildman–Crippen MR) is 175 cm³/mol. The van der Waals surface area contributed by atoms with E-state index in [1.807, 2.05) is 48.6 Å². The van der Waals surface area contributed by atoms with E-state index in [1.54, 1.807) is 18.2 Å². The van der Waals surface area contributed by atoms with Crippen molar-refractivity contribution in [1.29, 1.82) is 0 Å². The van der Waals surface area contributed by atoms with Gasteiger partial charge in [-0.25, -0.2) is 8.42 Å². The van der Waals surface area contributed by atoms with Crippen molar-refractivity contribution >= 4 is 21.4 Å². The van der Waals surface area contributed by atoms with Crippen LogP contribution in [0.3, 0.4) is 0 Å². The Bertz CT molecular complexity index is 1690. The van der Waals surface area contributed by atoms with Crippen LogP contribution in [0.2, 0.25) is 0 Å². The fourth-order valence-electron chi connectivity index (χ4n) is 5.58. The Morgan fingerprint density at radius 3 is 1.81 bits per heavy atom. The van der Waals surface area contributed by atoms with Gasteiger partial charge in [-0.2, -0.15) is 0 Å². The fourth-order valence-corrected chi connectivity index (χ4v) is 6.26. The molecule has 43 heavy (non-hydrogen) atoms. The molecule has 0 saturated carbocycles. The van der Waals surface area contributed by atoms with E-state index in [2.05, 4.69) is 84.3 Å². The van der Waals surface area contributed by atoms with Gasteiger partial charge in [-0.1, -0.05) is 122 Å². The molecule has 0 heterocycles. The van der Waals surface area contributed by atoms with E-state index in [1.165, 1.54) is 17.2 Å². The molecule has 0 aromatic heterocycles. The Morgan fingerprint density at radius 2 is 1.26 bits per heavy atom. The molecule has 0 spiro atoms. The van der Waals surface area contributed by atoms with E-state index < -0.39 is 10.1 Å². The molecule has 0 radical (unpaired) electrons. The average molecular weight is 590 g/mol. The summed E-state index contributed by atoms with van der Waals surface area (Å²) in [6.07, 6.45) is 8.37. The highest BCUT2D eigenvalue weighted by Gasteiger charge is 2.20. The zero-order chi connectivity index (χ0) is 30.2. The van der Waals surface area contributed by atoms with Crippen molar-refractivity contribution in [1.82, 2.24) is 4.90 Å². The minimum absolute atomic E-state index is 0.0900. The first-order chi connectivity index (χ1) is 20.9. The van der Waals surface area contributed by atoms with Gasteiger partial charge in [0, 0.05) is 36.9 Å². The van der Waals surface area contributed by atoms with E-state index in [4.69, 9.17) is 0 Å². The van der Waals surface area contributed by atoms with Gasteiger partial charge in [0.25, 0.3) is 0 Å². The van der Waals surface area contributed by atoms with Gasteiger partial charge in [-0.3, -0.25) is 4.90 Å². The van der Waals surface area contributed by atoms with Gasteiger partial charge in [-0.15, -0.1) is 0 Å². The van der Waals surface area contributed by atoms with Crippen LogP contribution in [0.5, 0.6) is 0 Å². The van der Waals surface area contributed by atoms with E-state index in [0.29, 0.717) is 11.1 Å². The van der Waals surface area contributed by atoms with Gasteiger partial charge in [0.2, 0.25) is 0 Å². The fraction of sp³-hybridized carbons (Fsp3) is 0.189. The van der Waals surface area contributed by atoms with Crippen LogP contribution in [0, 0.1) is 0 Å². The molecule has 0 fully saturated rings. The lowest BCUT2D eigenvalue weighted by molar-refractivity contribution is 0.264. The van der Waals surface area contributed by atoms with Crippen molar-refractivity contribution in [2.45, 2.75) is 37.9 Å². The van der Waals surface area contributed by atoms with Gasteiger partial charge < -0.3 is 9.45 Å². The second-order valence-electron chi connectivity index (χ2n) is 10.6. The summed E-state index contributed by atoms with van der Waals surface area (Å²) >= 11 is 0. The molecule has 5 nitrogen and oxygen atoms in total. The van der Waals surface area contributed by atoms with Crippen molar-refractivity contribution < 1.29 is 13.0 Å². The van der Waals surface area contributed by atoms with Gasteiger partial charge in [0.15, 0.2) is 0 Å². The lowest BCUT2D eigenvalue weighted by atomic mass is 9.90. The molecule has 4 aromatic carbocycles. The predicted octanol–water partition coefficient (Wildman–Crippen LogP) is 7.44. The third kappa shape index (κ3) is 7.41. The van der Waals surface area contributed by atoms with Crippen LogP contribution in [0.15, 0.2) is 144 Å². The number of likely N-dealkylation sites (N-methyl/N-ethyl adjacent to an activating group) is 1. The molecule has 1 aliphatic rings. The molecule has 0 bridgehead atoms. The van der Waals surface area contributed by atoms with E-state index in [-0.39, 0.29) is 10.9 Å². The van der Waals surface area contributed by atoms with Crippen LogP contribution in [0.25, 0.3) is 5.57 Å². The Hall–Kier alpha value is -4.23. The normalized spacial score (nSPS) is 14.7. The van der Waals surface area contributed by atoms with Crippen LogP contribution >= 0.6 is 0 Å². The minimum atomic E-state index is -4.70. The van der Waals surface area contributed by atoms with Gasteiger partial charge >= 0.3 is 0 Å². The van der Waals surface area contributed by atoms with Crippen molar-refractivity contribution in [2.24, 2.45) is 0 Å². The topological polar surface area (TPSA) is 63.7 Å². The van der Waals surface area contributed by atoms with Crippen LogP contribution in [0.1, 0.15) is 36.1 Å². The Balaban J connectivity index is 1.52. The molecule has 1 aliphatic carbocycles. The highest BCUT2D eigenvalue weighted by atomic mass is 32.2. The first-order valence-corrected chi connectivity index (χ1v) is 16.1. The van der Waals surface area contributed by atoms with E-state index in [0.717, 1.165) is 43.0 Å². The monoisotopic (exact) mass is 589 g/mol. The van der Waals surface area contributed by atoms with E-state index >= 15 is 0 Å². The summed E-state index contributed by atoms with van der Waals surface area (Å²) < 4.78 is 37.1. The maximum absolute atomic E-state index is 12.4. The summed E-state index contributed by atoms with van der Waals surface area (Å²) in [5.41, 5.74) is 6.36. The molecular formula is C37H37N2O3S-. The Morgan fingerprint density at radius 1 is 0.698 bits per heavy atom. The Kier molecular flexibility index (Phi) is 9.72. The highest BCUT2D eigenvalue weighted by Crippen LogP contribution is 2.35. The number of allylic oxidation sites excluding steroid dienone is 3. The van der Waals surface area contributed by atoms with Crippen LogP contribution < -0.4 is 4.90 Å². The second kappa shape index (κ2) is 13.8. The van der Waals surface area contributed by atoms with Gasteiger partial charge in [0.1, 0.15) is 10.1 Å². The standard InChI is InChI=1S/C37H38N2O3S/c1-3-38(27-29-13-7-5-8-14-29)33-23-19-31(20-24-33)37(35-17-11-12-18-36(35)43(40,41)42)32-21-25-34(26-22-32)39(4-2)28-30-15-9-6-10-16-30/h5-26,33H,3-4,27-28H2,1-2H3,(H,40,41,42)/p-1. The molecule has 0 unspecified atom stereocenters. The quantitative estimate of drug-likeness (QED) is 0.170. The maximum atomic E-state index is 12.4. The lowest BCUT2D eigenvalue weighted by Gasteiger charge is -2.28. The number of hydrogen-bond donors (Lipinski definition) is 0. The second-order valence-corrected chi connectivity index (χ2v) is 11.9. The van der Waals surface area contributed by atoms with Crippen molar-refractivity contribution in [2.75, 3.05) is 18.0 Å². The molecular weight excluding hydrogens is 552 g/mol. The summed E-state index contributed by atoms with van der Waals surface area (Å²) in [7, 11) is -4.70. The molecule has 0 amide bonds. The molecule has 5 rings (SSSR count). The van der Waals surface area contributed by atoms with Crippen LogP contribution in [-0.4, -0.2) is 37.0 Å². The zero-order valence-corrected chi connectivity index (χ0v) is 25.5. The number of hydrogen-bond acceptors (Lipinski definition) is 5. The summed E-state index contributed by atoms with van der Waals surface area (Å²) in [5, 5.41) is 0. The summed E-state index contributed by atoms with van der Waals surface area (Å²) in [6, 6.07) is 35.5. The number of nitrogens with zero attached hydrogens (tertiary/aromatic N) is 2. The lowest BCUT2D eigenvalue weighted by Crippen LogP contribution is -2.32. The molecule has 0 atom stereocenters. The maximum Gasteiger partial charge on any atom is 0.125 e. The number of rotatable bonds is 11. The van der Waals surface area contributed by atoms with E-state index in [9.17, 15) is 13.0 Å². The number of anilines is 1. The third-order valence-electron chi connectivity index (χ3n) is 7.84. The van der Waals surface area contributed by atoms with Crippen molar-refractivity contribution in [3.05, 3.63) is 161 Å².